The monoisotopic (exact) mass is 549 g/mol. The number of anilines is 2. The summed E-state index contributed by atoms with van der Waals surface area (Å²) in [5, 5.41) is 2.62. The molecule has 10 heteroatoms. The standard InChI is InChI=1S/C30H33F2N5O3/c1-16(2)17(3)30(39)37(5)10-11-40-27-26(34-15-35-28(27)33)23-13-21(31)14-25(18(23)4)36-29(38)22-9-8-20(12-24(22)32)19-6-7-19/h8-9,12-16,19H,3,6-7,10-11H2,1-2,4-5H3,(H,36,38)(H2,33,34,35). The zero-order valence-electron chi connectivity index (χ0n) is 23.1. The van der Waals surface area contributed by atoms with E-state index in [-0.39, 0.29) is 53.5 Å². The van der Waals surface area contributed by atoms with Crippen molar-refractivity contribution < 1.29 is 23.1 Å². The third kappa shape index (κ3) is 6.27. The second-order valence-corrected chi connectivity index (χ2v) is 10.3. The van der Waals surface area contributed by atoms with Gasteiger partial charge in [-0.3, -0.25) is 9.59 Å². The number of carbonyl (C=O) groups excluding carboxylic acids is 2. The molecule has 3 aromatic rings. The summed E-state index contributed by atoms with van der Waals surface area (Å²) in [5.74, 6) is -1.69. The number of nitrogens with two attached hydrogens (primary N) is 1. The average molecular weight is 550 g/mol. The zero-order chi connectivity index (χ0) is 29.1. The Morgan fingerprint density at radius 1 is 1.20 bits per heavy atom. The molecule has 0 aliphatic heterocycles. The molecule has 0 radical (unpaired) electrons. The highest BCUT2D eigenvalue weighted by molar-refractivity contribution is 6.05. The number of nitrogens with zero attached hydrogens (tertiary/aromatic N) is 3. The van der Waals surface area contributed by atoms with Crippen LogP contribution >= 0.6 is 0 Å². The fourth-order valence-corrected chi connectivity index (χ4v) is 4.23. The van der Waals surface area contributed by atoms with E-state index in [4.69, 9.17) is 10.5 Å². The SMILES string of the molecule is C=C(C(=O)N(C)CCOc1c(N)ncnc1-c1cc(F)cc(NC(=O)c2ccc(C3CC3)cc2F)c1C)C(C)C. The van der Waals surface area contributed by atoms with Crippen molar-refractivity contribution >= 4 is 23.3 Å². The van der Waals surface area contributed by atoms with Crippen molar-refractivity contribution in [2.24, 2.45) is 5.92 Å². The summed E-state index contributed by atoms with van der Waals surface area (Å²) in [5.41, 5.74) is 8.42. The minimum atomic E-state index is -0.700. The van der Waals surface area contributed by atoms with Crippen LogP contribution in [0.3, 0.4) is 0 Å². The predicted octanol–water partition coefficient (Wildman–Crippen LogP) is 5.49. The van der Waals surface area contributed by atoms with Gasteiger partial charge in [-0.05, 0) is 67.0 Å². The van der Waals surface area contributed by atoms with Crippen LogP contribution in [0.25, 0.3) is 11.3 Å². The van der Waals surface area contributed by atoms with Gasteiger partial charge in [-0.2, -0.15) is 0 Å². The lowest BCUT2D eigenvalue weighted by atomic mass is 10.0. The molecule has 0 bridgehead atoms. The van der Waals surface area contributed by atoms with Crippen molar-refractivity contribution in [3.8, 4) is 17.0 Å². The quantitative estimate of drug-likeness (QED) is 0.324. The summed E-state index contributed by atoms with van der Waals surface area (Å²) in [4.78, 5) is 35.2. The maximum absolute atomic E-state index is 14.8. The summed E-state index contributed by atoms with van der Waals surface area (Å²) in [7, 11) is 1.64. The number of aromatic nitrogens is 2. The highest BCUT2D eigenvalue weighted by Crippen LogP contribution is 2.40. The van der Waals surface area contributed by atoms with Crippen LogP contribution < -0.4 is 15.8 Å². The molecule has 1 fully saturated rings. The molecule has 0 unspecified atom stereocenters. The van der Waals surface area contributed by atoms with E-state index in [1.165, 1.54) is 29.4 Å². The van der Waals surface area contributed by atoms with Crippen molar-refractivity contribution in [3.05, 3.63) is 77.1 Å². The van der Waals surface area contributed by atoms with E-state index in [2.05, 4.69) is 21.9 Å². The van der Waals surface area contributed by atoms with Crippen LogP contribution in [0.4, 0.5) is 20.3 Å². The van der Waals surface area contributed by atoms with E-state index in [1.807, 2.05) is 13.8 Å². The van der Waals surface area contributed by atoms with Gasteiger partial charge in [0.1, 0.15) is 30.3 Å². The summed E-state index contributed by atoms with van der Waals surface area (Å²) in [6.07, 6.45) is 3.25. The molecule has 0 saturated heterocycles. The lowest BCUT2D eigenvalue weighted by Gasteiger charge is -2.21. The number of ether oxygens (including phenoxy) is 1. The number of amides is 2. The van der Waals surface area contributed by atoms with Crippen LogP contribution in [0.1, 0.15) is 54.1 Å². The molecule has 0 spiro atoms. The second-order valence-electron chi connectivity index (χ2n) is 10.3. The first-order valence-corrected chi connectivity index (χ1v) is 13.1. The number of rotatable bonds is 10. The molecule has 40 heavy (non-hydrogen) atoms. The summed E-state index contributed by atoms with van der Waals surface area (Å²) in [6, 6.07) is 6.97. The maximum atomic E-state index is 14.8. The van der Waals surface area contributed by atoms with E-state index in [1.54, 1.807) is 20.0 Å². The Labute approximate surface area is 232 Å². The number of nitrogen functional groups attached to an aromatic ring is 1. The first-order valence-electron chi connectivity index (χ1n) is 13.1. The predicted molar refractivity (Wildman–Crippen MR) is 150 cm³/mol. The molecule has 0 atom stereocenters. The van der Waals surface area contributed by atoms with Crippen LogP contribution in [0.2, 0.25) is 0 Å². The summed E-state index contributed by atoms with van der Waals surface area (Å²) >= 11 is 0. The molecule has 1 saturated carbocycles. The third-order valence-corrected chi connectivity index (χ3v) is 6.99. The average Bonchev–Trinajstić information content (AvgIpc) is 3.76. The van der Waals surface area contributed by atoms with Gasteiger partial charge in [0, 0.05) is 23.9 Å². The van der Waals surface area contributed by atoms with E-state index in [0.717, 1.165) is 24.5 Å². The Bertz CT molecular complexity index is 1470. The summed E-state index contributed by atoms with van der Waals surface area (Å²) in [6.45, 7) is 9.57. The first kappa shape index (κ1) is 28.7. The Hall–Kier alpha value is -4.34. The third-order valence-electron chi connectivity index (χ3n) is 6.99. The normalized spacial score (nSPS) is 12.8. The van der Waals surface area contributed by atoms with E-state index in [0.29, 0.717) is 22.6 Å². The van der Waals surface area contributed by atoms with Gasteiger partial charge in [-0.15, -0.1) is 0 Å². The van der Waals surface area contributed by atoms with Gasteiger partial charge in [0.25, 0.3) is 5.91 Å². The van der Waals surface area contributed by atoms with Gasteiger partial charge in [0.15, 0.2) is 11.6 Å². The molecule has 1 aliphatic carbocycles. The number of likely N-dealkylation sites (N-methyl/N-ethyl adjacent to an activating group) is 1. The topological polar surface area (TPSA) is 110 Å². The Morgan fingerprint density at radius 2 is 1.93 bits per heavy atom. The van der Waals surface area contributed by atoms with E-state index in [9.17, 15) is 18.4 Å². The second kappa shape index (κ2) is 11.8. The van der Waals surface area contributed by atoms with Gasteiger partial charge in [-0.1, -0.05) is 26.5 Å². The Morgan fingerprint density at radius 3 is 2.58 bits per heavy atom. The van der Waals surface area contributed by atoms with Crippen LogP contribution in [0.15, 0.2) is 48.8 Å². The molecule has 1 heterocycles. The Balaban J connectivity index is 1.56. The van der Waals surface area contributed by atoms with Gasteiger partial charge < -0.3 is 20.7 Å². The van der Waals surface area contributed by atoms with E-state index < -0.39 is 17.5 Å². The molecular weight excluding hydrogens is 516 g/mol. The molecule has 2 aromatic carbocycles. The number of nitrogens with one attached hydrogen (secondary N) is 1. The molecular formula is C30H33F2N5O3. The highest BCUT2D eigenvalue weighted by atomic mass is 19.1. The molecule has 210 valence electrons. The minimum absolute atomic E-state index is 0.00451. The van der Waals surface area contributed by atoms with Crippen molar-refractivity contribution in [2.75, 3.05) is 31.2 Å². The van der Waals surface area contributed by atoms with Crippen LogP contribution in [-0.2, 0) is 4.79 Å². The zero-order valence-corrected chi connectivity index (χ0v) is 23.1. The fraction of sp³-hybridized carbons (Fsp3) is 0.333. The number of halogens is 2. The largest absolute Gasteiger partial charge is 0.486 e. The smallest absolute Gasteiger partial charge is 0.258 e. The first-order chi connectivity index (χ1) is 19.0. The fourth-order valence-electron chi connectivity index (χ4n) is 4.23. The van der Waals surface area contributed by atoms with Crippen molar-refractivity contribution in [1.29, 1.82) is 0 Å². The molecule has 1 aliphatic rings. The molecule has 1 aromatic heterocycles. The molecule has 3 N–H and O–H groups in total. The molecule has 4 rings (SSSR count). The lowest BCUT2D eigenvalue weighted by molar-refractivity contribution is -0.126. The van der Waals surface area contributed by atoms with E-state index >= 15 is 0 Å². The lowest BCUT2D eigenvalue weighted by Crippen LogP contribution is -2.33. The highest BCUT2D eigenvalue weighted by Gasteiger charge is 2.26. The number of hydrogen-bond acceptors (Lipinski definition) is 6. The number of hydrogen-bond donors (Lipinski definition) is 2. The number of benzene rings is 2. The van der Waals surface area contributed by atoms with Crippen LogP contribution in [-0.4, -0.2) is 46.9 Å². The van der Waals surface area contributed by atoms with Crippen LogP contribution in [0, 0.1) is 24.5 Å². The van der Waals surface area contributed by atoms with Crippen LogP contribution in [0.5, 0.6) is 5.75 Å². The van der Waals surface area contributed by atoms with Crippen molar-refractivity contribution in [1.82, 2.24) is 14.9 Å². The number of carbonyl (C=O) groups is 2. The minimum Gasteiger partial charge on any atom is -0.486 e. The van der Waals surface area contributed by atoms with Gasteiger partial charge in [-0.25, -0.2) is 18.7 Å². The van der Waals surface area contributed by atoms with Gasteiger partial charge in [0.05, 0.1) is 12.1 Å². The molecule has 8 nitrogen and oxygen atoms in total. The summed E-state index contributed by atoms with van der Waals surface area (Å²) < 4.78 is 35.4. The van der Waals surface area contributed by atoms with Crippen molar-refractivity contribution in [3.63, 3.8) is 0 Å². The Kier molecular flexibility index (Phi) is 8.46. The maximum Gasteiger partial charge on any atom is 0.258 e. The van der Waals surface area contributed by atoms with Crippen molar-refractivity contribution in [2.45, 2.75) is 39.5 Å². The molecule has 2 amide bonds. The van der Waals surface area contributed by atoms with Gasteiger partial charge in [0.2, 0.25) is 5.91 Å². The van der Waals surface area contributed by atoms with Gasteiger partial charge >= 0.3 is 0 Å².